The first kappa shape index (κ1) is 13.2. The highest BCUT2D eigenvalue weighted by Gasteiger charge is 2.31. The van der Waals surface area contributed by atoms with Gasteiger partial charge in [0.1, 0.15) is 0 Å². The fraction of sp³-hybridized carbons (Fsp3) is 0.300. The molecule has 5 heteroatoms. The summed E-state index contributed by atoms with van der Waals surface area (Å²) in [4.78, 5) is 12.6. The molecule has 0 N–H and O–H groups in total. The fourth-order valence-corrected chi connectivity index (χ4v) is 2.02. The van der Waals surface area contributed by atoms with Crippen molar-refractivity contribution in [3.63, 3.8) is 0 Å². The van der Waals surface area contributed by atoms with Crippen LogP contribution in [0.3, 0.4) is 0 Å². The van der Waals surface area contributed by atoms with Crippen molar-refractivity contribution in [2.24, 2.45) is 0 Å². The van der Waals surface area contributed by atoms with E-state index in [9.17, 15) is 4.79 Å². The minimum Gasteiger partial charge on any atom is -0.289 e. The molecule has 0 bridgehead atoms. The molecule has 0 atom stereocenters. The number of rotatable bonds is 3. The fourth-order valence-electron chi connectivity index (χ4n) is 1.03. The van der Waals surface area contributed by atoms with Gasteiger partial charge in [0.25, 0.3) is 3.79 Å². The van der Waals surface area contributed by atoms with Crippen molar-refractivity contribution in [2.75, 3.05) is 5.75 Å². The molecule has 1 aromatic carbocycles. The third-order valence-corrected chi connectivity index (χ3v) is 3.09. The molecule has 15 heavy (non-hydrogen) atoms. The van der Waals surface area contributed by atoms with E-state index in [1.807, 2.05) is 12.1 Å². The Kier molecular flexibility index (Phi) is 4.78. The number of alkyl halides is 3. The van der Waals surface area contributed by atoms with Gasteiger partial charge in [-0.05, 0) is 17.9 Å². The summed E-state index contributed by atoms with van der Waals surface area (Å²) in [5.74, 6) is 0.484. The molecule has 0 aliphatic carbocycles. The summed E-state index contributed by atoms with van der Waals surface area (Å²) in [5, 5.41) is 0. The molecule has 0 fully saturated rings. The van der Waals surface area contributed by atoms with Gasteiger partial charge in [-0.25, -0.2) is 0 Å². The number of ketones is 1. The van der Waals surface area contributed by atoms with Gasteiger partial charge in [-0.2, -0.15) is 0 Å². The lowest BCUT2D eigenvalue weighted by atomic mass is 10.1. The van der Waals surface area contributed by atoms with E-state index in [2.05, 4.69) is 6.92 Å². The van der Waals surface area contributed by atoms with Crippen LogP contribution in [-0.2, 0) is 0 Å². The molecule has 1 nitrogen and oxygen atoms in total. The third-order valence-electron chi connectivity index (χ3n) is 1.68. The zero-order valence-corrected chi connectivity index (χ0v) is 11.1. The SMILES string of the molecule is CCSc1ccc(C(=O)C(Cl)(Cl)Cl)cc1. The van der Waals surface area contributed by atoms with Gasteiger partial charge < -0.3 is 0 Å². The molecular formula is C10H9Cl3OS. The van der Waals surface area contributed by atoms with Crippen LogP contribution in [0.25, 0.3) is 0 Å². The second kappa shape index (κ2) is 5.44. The maximum Gasteiger partial charge on any atom is 0.253 e. The summed E-state index contributed by atoms with van der Waals surface area (Å²) in [7, 11) is 0. The molecule has 1 rings (SSSR count). The van der Waals surface area contributed by atoms with Crippen molar-refractivity contribution in [3.05, 3.63) is 29.8 Å². The van der Waals surface area contributed by atoms with Crippen molar-refractivity contribution in [3.8, 4) is 0 Å². The monoisotopic (exact) mass is 282 g/mol. The summed E-state index contributed by atoms with van der Waals surface area (Å²) in [6, 6.07) is 7.03. The molecule has 0 amide bonds. The van der Waals surface area contributed by atoms with Crippen molar-refractivity contribution < 1.29 is 4.79 Å². The minimum atomic E-state index is -1.88. The topological polar surface area (TPSA) is 17.1 Å². The number of carbonyl (C=O) groups is 1. The van der Waals surface area contributed by atoms with Gasteiger partial charge in [-0.1, -0.05) is 53.9 Å². The van der Waals surface area contributed by atoms with E-state index in [-0.39, 0.29) is 0 Å². The molecule has 0 saturated carbocycles. The van der Waals surface area contributed by atoms with Crippen molar-refractivity contribution in [1.29, 1.82) is 0 Å². The van der Waals surface area contributed by atoms with Gasteiger partial charge in [0, 0.05) is 10.5 Å². The summed E-state index contributed by atoms with van der Waals surface area (Å²) in [6.07, 6.45) is 0. The van der Waals surface area contributed by atoms with Gasteiger partial charge in [0.15, 0.2) is 0 Å². The van der Waals surface area contributed by atoms with Crippen LogP contribution in [-0.4, -0.2) is 15.3 Å². The smallest absolute Gasteiger partial charge is 0.253 e. The zero-order chi connectivity index (χ0) is 11.5. The average molecular weight is 284 g/mol. The molecule has 0 unspecified atom stereocenters. The lowest BCUT2D eigenvalue weighted by Gasteiger charge is -2.09. The standard InChI is InChI=1S/C10H9Cl3OS/c1-2-15-8-5-3-7(4-6-8)9(14)10(11,12)13/h3-6H,2H2,1H3. The summed E-state index contributed by atoms with van der Waals surface area (Å²) < 4.78 is -1.88. The van der Waals surface area contributed by atoms with Crippen LogP contribution in [0.5, 0.6) is 0 Å². The Balaban J connectivity index is 2.85. The normalized spacial score (nSPS) is 11.5. The highest BCUT2D eigenvalue weighted by Crippen LogP contribution is 2.31. The minimum absolute atomic E-state index is 0.412. The van der Waals surface area contributed by atoms with Crippen molar-refractivity contribution >= 4 is 52.3 Å². The first-order valence-electron chi connectivity index (χ1n) is 4.29. The number of Topliss-reactive ketones (excluding diaryl/α,β-unsaturated/α-hetero) is 1. The molecule has 0 spiro atoms. The van der Waals surface area contributed by atoms with Crippen LogP contribution in [0.2, 0.25) is 0 Å². The largest absolute Gasteiger partial charge is 0.289 e. The van der Waals surface area contributed by atoms with E-state index in [0.717, 1.165) is 10.6 Å². The maximum absolute atomic E-state index is 11.5. The molecule has 0 saturated heterocycles. The number of hydrogen-bond donors (Lipinski definition) is 0. The molecule has 0 heterocycles. The predicted molar refractivity (Wildman–Crippen MR) is 67.5 cm³/mol. The van der Waals surface area contributed by atoms with Gasteiger partial charge in [0.05, 0.1) is 0 Å². The Labute approximate surface area is 108 Å². The molecule has 0 aliphatic heterocycles. The van der Waals surface area contributed by atoms with Crippen LogP contribution in [0.1, 0.15) is 17.3 Å². The van der Waals surface area contributed by atoms with Gasteiger partial charge in [-0.15, -0.1) is 11.8 Å². The van der Waals surface area contributed by atoms with Gasteiger partial charge in [-0.3, -0.25) is 4.79 Å². The number of halogens is 3. The molecule has 1 aromatic rings. The zero-order valence-electron chi connectivity index (χ0n) is 7.97. The predicted octanol–water partition coefficient (Wildman–Crippen LogP) is 4.35. The molecule has 0 aliphatic rings. The average Bonchev–Trinajstić information content (AvgIpc) is 2.17. The quantitative estimate of drug-likeness (QED) is 0.466. The number of hydrogen-bond acceptors (Lipinski definition) is 2. The van der Waals surface area contributed by atoms with E-state index in [1.54, 1.807) is 23.9 Å². The molecule has 0 aromatic heterocycles. The highest BCUT2D eigenvalue weighted by atomic mass is 35.6. The maximum atomic E-state index is 11.5. The number of carbonyl (C=O) groups excluding carboxylic acids is 1. The Bertz CT molecular complexity index is 343. The second-order valence-electron chi connectivity index (χ2n) is 2.78. The van der Waals surface area contributed by atoms with E-state index >= 15 is 0 Å². The van der Waals surface area contributed by atoms with E-state index in [0.29, 0.717) is 5.56 Å². The molecule has 0 radical (unpaired) electrons. The van der Waals surface area contributed by atoms with Crippen molar-refractivity contribution in [1.82, 2.24) is 0 Å². The molecule has 82 valence electrons. The van der Waals surface area contributed by atoms with E-state index < -0.39 is 9.58 Å². The van der Waals surface area contributed by atoms with Crippen molar-refractivity contribution in [2.45, 2.75) is 15.6 Å². The lowest BCUT2D eigenvalue weighted by Crippen LogP contribution is -2.18. The highest BCUT2D eigenvalue weighted by molar-refractivity contribution is 7.99. The van der Waals surface area contributed by atoms with Crippen LogP contribution in [0.4, 0.5) is 0 Å². The summed E-state index contributed by atoms with van der Waals surface area (Å²) in [6.45, 7) is 2.06. The van der Waals surface area contributed by atoms with E-state index in [4.69, 9.17) is 34.8 Å². The first-order chi connectivity index (χ1) is 6.95. The Morgan fingerprint density at radius 1 is 1.27 bits per heavy atom. The molecular weight excluding hydrogens is 275 g/mol. The van der Waals surface area contributed by atoms with Gasteiger partial charge in [0.2, 0.25) is 5.78 Å². The second-order valence-corrected chi connectivity index (χ2v) is 6.40. The van der Waals surface area contributed by atoms with Crippen LogP contribution >= 0.6 is 46.6 Å². The Morgan fingerprint density at radius 3 is 2.20 bits per heavy atom. The summed E-state index contributed by atoms with van der Waals surface area (Å²) >= 11 is 18.2. The number of benzene rings is 1. The number of thioether (sulfide) groups is 1. The Hall–Kier alpha value is 0.110. The van der Waals surface area contributed by atoms with E-state index in [1.165, 1.54) is 0 Å². The van der Waals surface area contributed by atoms with Crippen LogP contribution in [0.15, 0.2) is 29.2 Å². The first-order valence-corrected chi connectivity index (χ1v) is 6.41. The van der Waals surface area contributed by atoms with Gasteiger partial charge >= 0.3 is 0 Å². The van der Waals surface area contributed by atoms with Crippen LogP contribution in [0, 0.1) is 0 Å². The lowest BCUT2D eigenvalue weighted by molar-refractivity contribution is 0.0996. The Morgan fingerprint density at radius 2 is 1.80 bits per heavy atom. The summed E-state index contributed by atoms with van der Waals surface area (Å²) in [5.41, 5.74) is 0.412. The third kappa shape index (κ3) is 3.87. The van der Waals surface area contributed by atoms with Crippen LogP contribution < -0.4 is 0 Å².